The zero-order valence-electron chi connectivity index (χ0n) is 5.39. The molecule has 0 aromatic carbocycles. The maximum atomic E-state index is 5.23. The molecule has 9 heavy (non-hydrogen) atoms. The first-order valence-electron chi connectivity index (χ1n) is 3.23. The molecule has 1 unspecified atom stereocenters. The minimum absolute atomic E-state index is 0.175. The van der Waals surface area contributed by atoms with Crippen LogP contribution in [0.5, 0.6) is 0 Å². The van der Waals surface area contributed by atoms with Gasteiger partial charge in [0.1, 0.15) is 6.10 Å². The highest BCUT2D eigenvalue weighted by Gasteiger charge is 2.10. The predicted octanol–water partition coefficient (Wildman–Crippen LogP) is 0.127. The van der Waals surface area contributed by atoms with Crippen molar-refractivity contribution in [2.45, 2.75) is 18.9 Å². The third kappa shape index (κ3) is 2.05. The highest BCUT2D eigenvalue weighted by Crippen LogP contribution is 2.09. The van der Waals surface area contributed by atoms with E-state index in [4.69, 9.17) is 10.5 Å². The van der Waals surface area contributed by atoms with Crippen LogP contribution in [0.25, 0.3) is 0 Å². The summed E-state index contributed by atoms with van der Waals surface area (Å²) in [5, 5.41) is 0. The average molecular weight is 125 g/mol. The van der Waals surface area contributed by atoms with Crippen molar-refractivity contribution in [2.75, 3.05) is 13.2 Å². The molecule has 1 fully saturated rings. The molecule has 0 amide bonds. The van der Waals surface area contributed by atoms with Crippen molar-refractivity contribution in [2.24, 2.45) is 5.73 Å². The molecule has 0 radical (unpaired) electrons. The lowest BCUT2D eigenvalue weighted by molar-refractivity contribution is 0.152. The molecular weight excluding hydrogens is 114 g/mol. The molecule has 0 saturated carbocycles. The van der Waals surface area contributed by atoms with Gasteiger partial charge in [-0.2, -0.15) is 0 Å². The summed E-state index contributed by atoms with van der Waals surface area (Å²) >= 11 is 0. The van der Waals surface area contributed by atoms with E-state index in [1.54, 1.807) is 0 Å². The van der Waals surface area contributed by atoms with Crippen LogP contribution in [-0.4, -0.2) is 19.3 Å². The van der Waals surface area contributed by atoms with Gasteiger partial charge in [0.05, 0.1) is 6.54 Å². The van der Waals surface area contributed by atoms with Gasteiger partial charge in [-0.15, -0.1) is 0 Å². The average Bonchev–Trinajstić information content (AvgIpc) is 2.34. The van der Waals surface area contributed by atoms with Crippen LogP contribution in [0.3, 0.4) is 0 Å². The van der Waals surface area contributed by atoms with E-state index in [1.165, 1.54) is 0 Å². The highest BCUT2D eigenvalue weighted by atomic mass is 16.5. The molecule has 1 aliphatic heterocycles. The molecular formula is C7H11NO. The third-order valence-corrected chi connectivity index (χ3v) is 1.29. The van der Waals surface area contributed by atoms with Crippen LogP contribution in [0.2, 0.25) is 0 Å². The van der Waals surface area contributed by atoms with Gasteiger partial charge in [0, 0.05) is 6.61 Å². The van der Waals surface area contributed by atoms with Crippen molar-refractivity contribution < 1.29 is 4.74 Å². The number of hydrogen-bond donors (Lipinski definition) is 1. The summed E-state index contributed by atoms with van der Waals surface area (Å²) in [6.45, 7) is 1.31. The molecule has 50 valence electrons. The fourth-order valence-electron chi connectivity index (χ4n) is 0.864. The summed E-state index contributed by atoms with van der Waals surface area (Å²) in [4.78, 5) is 0. The van der Waals surface area contributed by atoms with Gasteiger partial charge in [0.2, 0.25) is 0 Å². The highest BCUT2D eigenvalue weighted by molar-refractivity contribution is 5.06. The molecule has 1 heterocycles. The molecule has 2 nitrogen and oxygen atoms in total. The van der Waals surface area contributed by atoms with Crippen molar-refractivity contribution in [3.63, 3.8) is 0 Å². The minimum atomic E-state index is 0.175. The first kappa shape index (κ1) is 6.60. The predicted molar refractivity (Wildman–Crippen MR) is 35.8 cm³/mol. The topological polar surface area (TPSA) is 35.2 Å². The zero-order valence-corrected chi connectivity index (χ0v) is 5.39. The van der Waals surface area contributed by atoms with Gasteiger partial charge in [0.25, 0.3) is 0 Å². The number of nitrogens with two attached hydrogens (primary N) is 1. The zero-order chi connectivity index (χ0) is 6.53. The SMILES string of the molecule is NCC#CC1CCCO1. The maximum absolute atomic E-state index is 5.23. The standard InChI is InChI=1S/C7H11NO/c8-5-1-3-7-4-2-6-9-7/h7H,2,4-6,8H2. The molecule has 0 aromatic heterocycles. The van der Waals surface area contributed by atoms with Gasteiger partial charge in [0.15, 0.2) is 0 Å². The summed E-state index contributed by atoms with van der Waals surface area (Å²) in [6.07, 6.45) is 2.39. The van der Waals surface area contributed by atoms with Crippen LogP contribution in [0.1, 0.15) is 12.8 Å². The van der Waals surface area contributed by atoms with Gasteiger partial charge < -0.3 is 10.5 Å². The molecule has 1 saturated heterocycles. The first-order valence-corrected chi connectivity index (χ1v) is 3.23. The quantitative estimate of drug-likeness (QED) is 0.467. The van der Waals surface area contributed by atoms with E-state index in [0.717, 1.165) is 19.4 Å². The lowest BCUT2D eigenvalue weighted by atomic mass is 10.2. The summed E-state index contributed by atoms with van der Waals surface area (Å²) in [5.41, 5.74) is 5.18. The van der Waals surface area contributed by atoms with Crippen molar-refractivity contribution in [1.29, 1.82) is 0 Å². The van der Waals surface area contributed by atoms with Crippen molar-refractivity contribution in [3.05, 3.63) is 0 Å². The van der Waals surface area contributed by atoms with Gasteiger partial charge >= 0.3 is 0 Å². The summed E-state index contributed by atoms with van der Waals surface area (Å²) in [7, 11) is 0. The van der Waals surface area contributed by atoms with Gasteiger partial charge in [-0.25, -0.2) is 0 Å². The summed E-state index contributed by atoms with van der Waals surface area (Å²) in [6, 6.07) is 0. The number of hydrogen-bond acceptors (Lipinski definition) is 2. The van der Waals surface area contributed by atoms with Gasteiger partial charge in [-0.3, -0.25) is 0 Å². The Hall–Kier alpha value is -0.520. The van der Waals surface area contributed by atoms with E-state index in [9.17, 15) is 0 Å². The van der Waals surface area contributed by atoms with E-state index >= 15 is 0 Å². The summed E-state index contributed by atoms with van der Waals surface area (Å²) < 4.78 is 5.23. The van der Waals surface area contributed by atoms with Crippen LogP contribution in [0.4, 0.5) is 0 Å². The Labute approximate surface area is 55.4 Å². The Kier molecular flexibility index (Phi) is 2.56. The number of rotatable bonds is 0. The molecule has 0 aromatic rings. The fraction of sp³-hybridized carbons (Fsp3) is 0.714. The molecule has 1 rings (SSSR count). The Morgan fingerprint density at radius 3 is 3.11 bits per heavy atom. The minimum Gasteiger partial charge on any atom is -0.366 e. The lowest BCUT2D eigenvalue weighted by Gasteiger charge is -1.95. The van der Waals surface area contributed by atoms with E-state index in [0.29, 0.717) is 6.54 Å². The molecule has 0 bridgehead atoms. The van der Waals surface area contributed by atoms with E-state index < -0.39 is 0 Å². The van der Waals surface area contributed by atoms with Crippen LogP contribution in [0, 0.1) is 11.8 Å². The Morgan fingerprint density at radius 2 is 2.56 bits per heavy atom. The van der Waals surface area contributed by atoms with Crippen molar-refractivity contribution in [1.82, 2.24) is 0 Å². The van der Waals surface area contributed by atoms with Crippen molar-refractivity contribution in [3.8, 4) is 11.8 Å². The second-order valence-electron chi connectivity index (χ2n) is 2.03. The van der Waals surface area contributed by atoms with Gasteiger partial charge in [-0.1, -0.05) is 11.8 Å². The monoisotopic (exact) mass is 125 g/mol. The second-order valence-corrected chi connectivity index (χ2v) is 2.03. The van der Waals surface area contributed by atoms with Crippen LogP contribution in [0.15, 0.2) is 0 Å². The molecule has 0 spiro atoms. The largest absolute Gasteiger partial charge is 0.366 e. The Bertz CT molecular complexity index is 128. The van der Waals surface area contributed by atoms with E-state index in [-0.39, 0.29) is 6.10 Å². The molecule has 1 aliphatic rings. The molecule has 2 N–H and O–H groups in total. The molecule has 2 heteroatoms. The lowest BCUT2D eigenvalue weighted by Crippen LogP contribution is -2.02. The van der Waals surface area contributed by atoms with Crippen LogP contribution in [-0.2, 0) is 4.74 Å². The van der Waals surface area contributed by atoms with Crippen molar-refractivity contribution >= 4 is 0 Å². The first-order chi connectivity index (χ1) is 4.43. The van der Waals surface area contributed by atoms with E-state index in [2.05, 4.69) is 11.8 Å². The summed E-state index contributed by atoms with van der Waals surface area (Å²) in [5.74, 6) is 5.73. The Morgan fingerprint density at radius 1 is 1.67 bits per heavy atom. The maximum Gasteiger partial charge on any atom is 0.118 e. The molecule has 1 atom stereocenters. The molecule has 0 aliphatic carbocycles. The van der Waals surface area contributed by atoms with E-state index in [1.807, 2.05) is 0 Å². The van der Waals surface area contributed by atoms with Crippen LogP contribution < -0.4 is 5.73 Å². The fourth-order valence-corrected chi connectivity index (χ4v) is 0.864. The smallest absolute Gasteiger partial charge is 0.118 e. The van der Waals surface area contributed by atoms with Crippen LogP contribution >= 0.6 is 0 Å². The Balaban J connectivity index is 2.26. The third-order valence-electron chi connectivity index (χ3n) is 1.29. The normalized spacial score (nSPS) is 25.2. The van der Waals surface area contributed by atoms with Gasteiger partial charge in [-0.05, 0) is 12.8 Å². The number of ether oxygens (including phenoxy) is 1. The second kappa shape index (κ2) is 3.49.